The second-order valence-corrected chi connectivity index (χ2v) is 5.04. The number of carbonyl (C=O) groups excluding carboxylic acids is 1. The Morgan fingerprint density at radius 1 is 1.45 bits per heavy atom. The first-order valence-electron chi connectivity index (χ1n) is 6.98. The maximum Gasteiger partial charge on any atom is 0.253 e. The molecule has 20 heavy (non-hydrogen) atoms. The third-order valence-corrected chi connectivity index (χ3v) is 3.47. The van der Waals surface area contributed by atoms with Gasteiger partial charge in [0.15, 0.2) is 0 Å². The molecule has 0 saturated carbocycles. The van der Waals surface area contributed by atoms with Crippen LogP contribution in [0.4, 0.5) is 0 Å². The molecule has 3 nitrogen and oxygen atoms in total. The highest BCUT2D eigenvalue weighted by Crippen LogP contribution is 2.14. The lowest BCUT2D eigenvalue weighted by Gasteiger charge is -2.24. The van der Waals surface area contributed by atoms with Crippen molar-refractivity contribution in [2.45, 2.75) is 39.7 Å². The predicted molar refractivity (Wildman–Crippen MR) is 81.6 cm³/mol. The highest BCUT2D eigenvalue weighted by molar-refractivity contribution is 5.94. The van der Waals surface area contributed by atoms with Crippen molar-refractivity contribution in [1.82, 2.24) is 4.90 Å². The Morgan fingerprint density at radius 2 is 2.15 bits per heavy atom. The Labute approximate surface area is 121 Å². The summed E-state index contributed by atoms with van der Waals surface area (Å²) in [5.74, 6) is 5.52. The number of aliphatic hydroxyl groups is 1. The van der Waals surface area contributed by atoms with Gasteiger partial charge >= 0.3 is 0 Å². The van der Waals surface area contributed by atoms with E-state index in [1.54, 1.807) is 11.0 Å². The SMILES string of the molecule is CCCC(C)N(C)C(=O)c1ccc(C)c(C#CCO)c1. The van der Waals surface area contributed by atoms with Crippen LogP contribution in [0.3, 0.4) is 0 Å². The topological polar surface area (TPSA) is 40.5 Å². The van der Waals surface area contributed by atoms with Crippen LogP contribution in [0.1, 0.15) is 48.2 Å². The van der Waals surface area contributed by atoms with Gasteiger partial charge in [-0.25, -0.2) is 0 Å². The smallest absolute Gasteiger partial charge is 0.253 e. The van der Waals surface area contributed by atoms with E-state index in [1.165, 1.54) is 0 Å². The van der Waals surface area contributed by atoms with E-state index in [0.717, 1.165) is 24.0 Å². The van der Waals surface area contributed by atoms with E-state index >= 15 is 0 Å². The zero-order valence-corrected chi connectivity index (χ0v) is 12.7. The van der Waals surface area contributed by atoms with Gasteiger partial charge in [0.25, 0.3) is 5.91 Å². The van der Waals surface area contributed by atoms with Crippen molar-refractivity contribution in [3.63, 3.8) is 0 Å². The molecule has 1 amide bonds. The van der Waals surface area contributed by atoms with Crippen LogP contribution in [0.5, 0.6) is 0 Å². The lowest BCUT2D eigenvalue weighted by atomic mass is 10.0. The lowest BCUT2D eigenvalue weighted by Crippen LogP contribution is -2.35. The fraction of sp³-hybridized carbons (Fsp3) is 0.471. The van der Waals surface area contributed by atoms with Crippen molar-refractivity contribution < 1.29 is 9.90 Å². The second-order valence-electron chi connectivity index (χ2n) is 5.04. The molecule has 0 spiro atoms. The number of carbonyl (C=O) groups is 1. The number of rotatable bonds is 4. The molecule has 0 radical (unpaired) electrons. The van der Waals surface area contributed by atoms with Gasteiger partial charge in [-0.2, -0.15) is 0 Å². The summed E-state index contributed by atoms with van der Waals surface area (Å²) >= 11 is 0. The number of benzene rings is 1. The van der Waals surface area contributed by atoms with Crippen LogP contribution in [0.25, 0.3) is 0 Å². The van der Waals surface area contributed by atoms with Gasteiger partial charge in [0.1, 0.15) is 6.61 Å². The van der Waals surface area contributed by atoms with Crippen molar-refractivity contribution in [2.75, 3.05) is 13.7 Å². The Hall–Kier alpha value is -1.79. The largest absolute Gasteiger partial charge is 0.384 e. The fourth-order valence-corrected chi connectivity index (χ4v) is 2.04. The summed E-state index contributed by atoms with van der Waals surface area (Å²) in [7, 11) is 1.83. The van der Waals surface area contributed by atoms with Gasteiger partial charge in [0, 0.05) is 24.2 Å². The zero-order valence-electron chi connectivity index (χ0n) is 12.7. The number of hydrogen-bond acceptors (Lipinski definition) is 2. The van der Waals surface area contributed by atoms with E-state index in [1.807, 2.05) is 26.1 Å². The van der Waals surface area contributed by atoms with E-state index in [0.29, 0.717) is 5.56 Å². The molecule has 108 valence electrons. The average molecular weight is 273 g/mol. The standard InChI is InChI=1S/C17H23NO2/c1-5-7-14(3)18(4)17(20)16-10-9-13(2)15(12-16)8-6-11-19/h9-10,12,14,19H,5,7,11H2,1-4H3. The van der Waals surface area contributed by atoms with E-state index in [2.05, 4.69) is 25.7 Å². The summed E-state index contributed by atoms with van der Waals surface area (Å²) in [5.41, 5.74) is 2.44. The molecule has 1 aromatic rings. The van der Waals surface area contributed by atoms with Gasteiger partial charge in [-0.3, -0.25) is 4.79 Å². The molecule has 0 bridgehead atoms. The Morgan fingerprint density at radius 3 is 2.75 bits per heavy atom. The molecule has 0 heterocycles. The van der Waals surface area contributed by atoms with Crippen molar-refractivity contribution in [3.05, 3.63) is 34.9 Å². The predicted octanol–water partition coefficient (Wildman–Crippen LogP) is 2.60. The molecule has 0 aliphatic carbocycles. The average Bonchev–Trinajstić information content (AvgIpc) is 2.45. The van der Waals surface area contributed by atoms with E-state index in [9.17, 15) is 4.79 Å². The Kier molecular flexibility index (Phi) is 6.27. The maximum atomic E-state index is 12.4. The molecule has 0 aromatic heterocycles. The maximum absolute atomic E-state index is 12.4. The molecule has 1 rings (SSSR count). The first-order valence-corrected chi connectivity index (χ1v) is 6.98. The van der Waals surface area contributed by atoms with Gasteiger partial charge in [-0.05, 0) is 38.0 Å². The monoisotopic (exact) mass is 273 g/mol. The number of hydrogen-bond donors (Lipinski definition) is 1. The van der Waals surface area contributed by atoms with Crippen LogP contribution in [0.15, 0.2) is 18.2 Å². The van der Waals surface area contributed by atoms with Crippen LogP contribution in [0.2, 0.25) is 0 Å². The number of amides is 1. The number of aliphatic hydroxyl groups excluding tert-OH is 1. The fourth-order valence-electron chi connectivity index (χ4n) is 2.04. The van der Waals surface area contributed by atoms with E-state index in [4.69, 9.17) is 5.11 Å². The van der Waals surface area contributed by atoms with Crippen LogP contribution < -0.4 is 0 Å². The highest BCUT2D eigenvalue weighted by Gasteiger charge is 2.17. The van der Waals surface area contributed by atoms with Gasteiger partial charge < -0.3 is 10.0 Å². The van der Waals surface area contributed by atoms with Gasteiger partial charge in [-0.1, -0.05) is 31.3 Å². The quantitative estimate of drug-likeness (QED) is 0.857. The molecule has 0 aliphatic rings. The number of aryl methyl sites for hydroxylation is 1. The third kappa shape index (κ3) is 4.11. The first kappa shape index (κ1) is 16.3. The second kappa shape index (κ2) is 7.72. The molecule has 1 atom stereocenters. The van der Waals surface area contributed by atoms with Gasteiger partial charge in [-0.15, -0.1) is 0 Å². The molecular formula is C17H23NO2. The van der Waals surface area contributed by atoms with Crippen molar-refractivity contribution in [2.24, 2.45) is 0 Å². The summed E-state index contributed by atoms with van der Waals surface area (Å²) in [4.78, 5) is 14.2. The molecule has 0 fully saturated rings. The lowest BCUT2D eigenvalue weighted by molar-refractivity contribution is 0.0736. The normalized spacial score (nSPS) is 11.4. The van der Waals surface area contributed by atoms with Crippen molar-refractivity contribution >= 4 is 5.91 Å². The van der Waals surface area contributed by atoms with E-state index < -0.39 is 0 Å². The van der Waals surface area contributed by atoms with Crippen LogP contribution in [0, 0.1) is 18.8 Å². The summed E-state index contributed by atoms with van der Waals surface area (Å²) in [6, 6.07) is 5.75. The first-order chi connectivity index (χ1) is 9.51. The zero-order chi connectivity index (χ0) is 15.1. The Bertz CT molecular complexity index is 526. The molecule has 0 aliphatic heterocycles. The number of nitrogens with zero attached hydrogens (tertiary/aromatic N) is 1. The minimum atomic E-state index is -0.176. The van der Waals surface area contributed by atoms with Crippen molar-refractivity contribution in [1.29, 1.82) is 0 Å². The van der Waals surface area contributed by atoms with Crippen LogP contribution in [-0.2, 0) is 0 Å². The molecule has 1 N–H and O–H groups in total. The minimum absolute atomic E-state index is 0.0120. The third-order valence-electron chi connectivity index (χ3n) is 3.47. The van der Waals surface area contributed by atoms with Crippen LogP contribution >= 0.6 is 0 Å². The molecule has 0 saturated heterocycles. The van der Waals surface area contributed by atoms with E-state index in [-0.39, 0.29) is 18.6 Å². The molecule has 1 aromatic carbocycles. The van der Waals surface area contributed by atoms with Gasteiger partial charge in [0.2, 0.25) is 0 Å². The molecule has 3 heteroatoms. The Balaban J connectivity index is 2.99. The highest BCUT2D eigenvalue weighted by atomic mass is 16.2. The summed E-state index contributed by atoms with van der Waals surface area (Å²) in [6.45, 7) is 5.94. The summed E-state index contributed by atoms with van der Waals surface area (Å²) in [6.07, 6.45) is 2.05. The summed E-state index contributed by atoms with van der Waals surface area (Å²) in [5, 5.41) is 8.77. The van der Waals surface area contributed by atoms with Crippen LogP contribution in [-0.4, -0.2) is 35.6 Å². The summed E-state index contributed by atoms with van der Waals surface area (Å²) < 4.78 is 0. The molecular weight excluding hydrogens is 250 g/mol. The minimum Gasteiger partial charge on any atom is -0.384 e. The van der Waals surface area contributed by atoms with Crippen molar-refractivity contribution in [3.8, 4) is 11.8 Å². The molecule has 1 unspecified atom stereocenters. The van der Waals surface area contributed by atoms with Gasteiger partial charge in [0.05, 0.1) is 0 Å².